The lowest BCUT2D eigenvalue weighted by Gasteiger charge is -1.99. The first-order valence-electron chi connectivity index (χ1n) is 2.82. The Balaban J connectivity index is 2.37. The zero-order valence-corrected chi connectivity index (χ0v) is 4.87. The highest BCUT2D eigenvalue weighted by Gasteiger charge is 2.13. The summed E-state index contributed by atoms with van der Waals surface area (Å²) < 4.78 is 5.01. The van der Waals surface area contributed by atoms with Gasteiger partial charge in [-0.15, -0.1) is 0 Å². The van der Waals surface area contributed by atoms with E-state index in [9.17, 15) is 0 Å². The first-order valence-corrected chi connectivity index (χ1v) is 2.82. The van der Waals surface area contributed by atoms with E-state index in [0.29, 0.717) is 13.3 Å². The molecule has 0 saturated heterocycles. The van der Waals surface area contributed by atoms with Gasteiger partial charge in [0.2, 0.25) is 0 Å². The Labute approximate surface area is 52.8 Å². The Kier molecular flexibility index (Phi) is 0.886. The number of fused-ring (bicyclic) bond motifs is 1. The third kappa shape index (κ3) is 0.650. The van der Waals surface area contributed by atoms with Crippen LogP contribution >= 0.6 is 0 Å². The Morgan fingerprint density at radius 3 is 3.44 bits per heavy atom. The molecule has 46 valence electrons. The van der Waals surface area contributed by atoms with Gasteiger partial charge in [0, 0.05) is 6.21 Å². The van der Waals surface area contributed by atoms with E-state index in [1.165, 1.54) is 0 Å². The average Bonchev–Trinajstić information content (AvgIpc) is 2.33. The van der Waals surface area contributed by atoms with Gasteiger partial charge in [0.15, 0.2) is 0 Å². The van der Waals surface area contributed by atoms with Crippen LogP contribution < -0.4 is 0 Å². The third-order valence-corrected chi connectivity index (χ3v) is 1.34. The molecule has 0 aromatic carbocycles. The molecule has 0 saturated carbocycles. The van der Waals surface area contributed by atoms with Gasteiger partial charge in [-0.1, -0.05) is 0 Å². The van der Waals surface area contributed by atoms with Crippen LogP contribution in [-0.4, -0.2) is 25.2 Å². The maximum Gasteiger partial charge on any atom is 0.130 e. The predicted molar refractivity (Wildman–Crippen MR) is 34.8 cm³/mol. The molecule has 0 amide bonds. The predicted octanol–water partition coefficient (Wildman–Crippen LogP) is 0.383. The van der Waals surface area contributed by atoms with E-state index >= 15 is 0 Å². The topological polar surface area (TPSA) is 34.0 Å². The average molecular weight is 122 g/mol. The van der Waals surface area contributed by atoms with E-state index in [-0.39, 0.29) is 0 Å². The first kappa shape index (κ1) is 4.73. The monoisotopic (exact) mass is 122 g/mol. The molecule has 2 aliphatic rings. The minimum absolute atomic E-state index is 0.566. The molecule has 0 atom stereocenters. The minimum atomic E-state index is 0.566. The SMILES string of the molecule is C1=NCN=C2COC=C12. The summed E-state index contributed by atoms with van der Waals surface area (Å²) in [5.41, 5.74) is 2.06. The fourth-order valence-corrected chi connectivity index (χ4v) is 0.869. The fraction of sp³-hybridized carbons (Fsp3) is 0.333. The maximum atomic E-state index is 5.01. The van der Waals surface area contributed by atoms with Gasteiger partial charge in [-0.05, 0) is 0 Å². The minimum Gasteiger partial charge on any atom is -0.494 e. The third-order valence-electron chi connectivity index (χ3n) is 1.34. The largest absolute Gasteiger partial charge is 0.494 e. The molecule has 0 spiro atoms. The molecule has 0 bridgehead atoms. The van der Waals surface area contributed by atoms with Gasteiger partial charge >= 0.3 is 0 Å². The number of aliphatic imine (C=N–C) groups is 2. The Bertz CT molecular complexity index is 215. The van der Waals surface area contributed by atoms with Crippen molar-refractivity contribution in [1.82, 2.24) is 0 Å². The van der Waals surface area contributed by atoms with Crippen molar-refractivity contribution in [2.45, 2.75) is 0 Å². The molecule has 2 rings (SSSR count). The summed E-state index contributed by atoms with van der Waals surface area (Å²) in [5.74, 6) is 0. The lowest BCUT2D eigenvalue weighted by molar-refractivity contribution is 0.315. The molecular formula is C6H6N2O. The standard InChI is InChI=1S/C6H6N2O/c1-5-2-9-3-6(5)8-4-7-1/h1-2H,3-4H2. The highest BCUT2D eigenvalue weighted by Crippen LogP contribution is 2.08. The van der Waals surface area contributed by atoms with E-state index in [1.54, 1.807) is 12.5 Å². The highest BCUT2D eigenvalue weighted by molar-refractivity contribution is 6.18. The quantitative estimate of drug-likeness (QED) is 0.457. The number of rotatable bonds is 0. The fourth-order valence-electron chi connectivity index (χ4n) is 0.869. The molecular weight excluding hydrogens is 116 g/mol. The summed E-state index contributed by atoms with van der Waals surface area (Å²) >= 11 is 0. The van der Waals surface area contributed by atoms with Crippen LogP contribution in [0, 0.1) is 0 Å². The highest BCUT2D eigenvalue weighted by atomic mass is 16.5. The molecule has 3 nitrogen and oxygen atoms in total. The van der Waals surface area contributed by atoms with Gasteiger partial charge in [0.1, 0.15) is 13.3 Å². The van der Waals surface area contributed by atoms with Crippen LogP contribution in [0.2, 0.25) is 0 Å². The van der Waals surface area contributed by atoms with Crippen molar-refractivity contribution in [3.05, 3.63) is 11.8 Å². The van der Waals surface area contributed by atoms with E-state index in [1.807, 2.05) is 0 Å². The number of ether oxygens (including phenoxy) is 1. The van der Waals surface area contributed by atoms with Crippen molar-refractivity contribution in [2.24, 2.45) is 9.98 Å². The summed E-state index contributed by atoms with van der Waals surface area (Å²) in [7, 11) is 0. The smallest absolute Gasteiger partial charge is 0.130 e. The molecule has 0 radical (unpaired) electrons. The van der Waals surface area contributed by atoms with Gasteiger partial charge in [0.05, 0.1) is 17.5 Å². The zero-order chi connectivity index (χ0) is 6.10. The molecule has 0 N–H and O–H groups in total. The Morgan fingerprint density at radius 2 is 2.56 bits per heavy atom. The van der Waals surface area contributed by atoms with Crippen molar-refractivity contribution in [3.63, 3.8) is 0 Å². The van der Waals surface area contributed by atoms with Gasteiger partial charge in [0.25, 0.3) is 0 Å². The van der Waals surface area contributed by atoms with Crippen LogP contribution in [-0.2, 0) is 4.74 Å². The molecule has 0 fully saturated rings. The molecule has 9 heavy (non-hydrogen) atoms. The second-order valence-corrected chi connectivity index (χ2v) is 1.94. The molecule has 3 heteroatoms. The summed E-state index contributed by atoms with van der Waals surface area (Å²) in [6, 6.07) is 0. The second-order valence-electron chi connectivity index (χ2n) is 1.94. The molecule has 0 unspecified atom stereocenters. The number of hydrogen-bond donors (Lipinski definition) is 0. The molecule has 0 aliphatic carbocycles. The van der Waals surface area contributed by atoms with Gasteiger partial charge in [-0.3, -0.25) is 9.98 Å². The molecule has 2 heterocycles. The number of hydrogen-bond acceptors (Lipinski definition) is 3. The summed E-state index contributed by atoms with van der Waals surface area (Å²) in [4.78, 5) is 8.08. The number of nitrogens with zero attached hydrogens (tertiary/aromatic N) is 2. The van der Waals surface area contributed by atoms with Gasteiger partial charge in [-0.2, -0.15) is 0 Å². The van der Waals surface area contributed by atoms with Crippen LogP contribution in [0.3, 0.4) is 0 Å². The van der Waals surface area contributed by atoms with E-state index in [4.69, 9.17) is 4.74 Å². The zero-order valence-electron chi connectivity index (χ0n) is 4.87. The van der Waals surface area contributed by atoms with Crippen LogP contribution in [0.4, 0.5) is 0 Å². The molecule has 2 aliphatic heterocycles. The first-order chi connectivity index (χ1) is 4.47. The lowest BCUT2D eigenvalue weighted by Crippen LogP contribution is -2.08. The second kappa shape index (κ2) is 1.69. The van der Waals surface area contributed by atoms with Gasteiger partial charge in [-0.25, -0.2) is 0 Å². The molecule has 0 aromatic rings. The Hall–Kier alpha value is -1.12. The van der Waals surface area contributed by atoms with E-state index in [0.717, 1.165) is 11.3 Å². The maximum absolute atomic E-state index is 5.01. The van der Waals surface area contributed by atoms with Crippen molar-refractivity contribution < 1.29 is 4.74 Å². The molecule has 0 aromatic heterocycles. The normalized spacial score (nSPS) is 22.2. The van der Waals surface area contributed by atoms with E-state index in [2.05, 4.69) is 9.98 Å². The van der Waals surface area contributed by atoms with Gasteiger partial charge < -0.3 is 4.74 Å². The van der Waals surface area contributed by atoms with E-state index < -0.39 is 0 Å². The lowest BCUT2D eigenvalue weighted by atomic mass is 10.2. The van der Waals surface area contributed by atoms with Crippen molar-refractivity contribution in [1.29, 1.82) is 0 Å². The van der Waals surface area contributed by atoms with Crippen LogP contribution in [0.25, 0.3) is 0 Å². The Morgan fingerprint density at radius 1 is 1.56 bits per heavy atom. The summed E-state index contributed by atoms with van der Waals surface area (Å²) in [6.07, 6.45) is 3.50. The van der Waals surface area contributed by atoms with Crippen LogP contribution in [0.15, 0.2) is 21.8 Å². The van der Waals surface area contributed by atoms with Crippen molar-refractivity contribution in [3.8, 4) is 0 Å². The summed E-state index contributed by atoms with van der Waals surface area (Å²) in [6.45, 7) is 1.19. The van der Waals surface area contributed by atoms with Crippen LogP contribution in [0.5, 0.6) is 0 Å². The van der Waals surface area contributed by atoms with Crippen molar-refractivity contribution >= 4 is 11.9 Å². The summed E-state index contributed by atoms with van der Waals surface area (Å²) in [5, 5.41) is 0. The van der Waals surface area contributed by atoms with Crippen molar-refractivity contribution in [2.75, 3.05) is 13.3 Å². The van der Waals surface area contributed by atoms with Crippen LogP contribution in [0.1, 0.15) is 0 Å².